The Morgan fingerprint density at radius 3 is 2.52 bits per heavy atom. The number of alkyl halides is 1. The van der Waals surface area contributed by atoms with Crippen molar-refractivity contribution in [3.05, 3.63) is 34.9 Å². The van der Waals surface area contributed by atoms with Gasteiger partial charge in [0.25, 0.3) is 5.91 Å². The average Bonchev–Trinajstić information content (AvgIpc) is 3.00. The Morgan fingerprint density at radius 2 is 1.89 bits per heavy atom. The van der Waals surface area contributed by atoms with Crippen molar-refractivity contribution in [2.45, 2.75) is 24.7 Å². The van der Waals surface area contributed by atoms with Crippen molar-refractivity contribution in [1.29, 1.82) is 5.26 Å². The van der Waals surface area contributed by atoms with Crippen molar-refractivity contribution in [3.8, 4) is 6.07 Å². The number of fused-ring (bicyclic) bond motifs is 1. The van der Waals surface area contributed by atoms with Gasteiger partial charge < -0.3 is 15.1 Å². The Balaban J connectivity index is 1.25. The van der Waals surface area contributed by atoms with Crippen LogP contribution in [0.2, 0.25) is 5.02 Å². The molecule has 2 saturated heterocycles. The molecule has 1 saturated carbocycles. The molecule has 0 radical (unpaired) electrons. The second-order valence-electron chi connectivity index (χ2n) is 7.48. The van der Waals surface area contributed by atoms with E-state index in [9.17, 15) is 14.0 Å². The Labute approximate surface area is 161 Å². The summed E-state index contributed by atoms with van der Waals surface area (Å²) in [5, 5.41) is 12.9. The number of likely N-dealkylation sites (tertiary alicyclic amines) is 2. The number of carbonyl (C=O) groups excluding carboxylic acids is 2. The van der Waals surface area contributed by atoms with E-state index in [-0.39, 0.29) is 37.4 Å². The van der Waals surface area contributed by atoms with E-state index in [0.29, 0.717) is 35.5 Å². The number of carbonyl (C=O) groups is 2. The minimum absolute atomic E-state index is 0.000362. The van der Waals surface area contributed by atoms with E-state index in [1.54, 1.807) is 24.3 Å². The number of piperidine rings is 1. The minimum Gasteiger partial charge on any atom is -0.338 e. The number of nitrogens with zero attached hydrogens (tertiary/aromatic N) is 3. The number of benzene rings is 1. The molecule has 142 valence electrons. The van der Waals surface area contributed by atoms with Gasteiger partial charge in [-0.15, -0.1) is 0 Å². The van der Waals surface area contributed by atoms with Gasteiger partial charge in [-0.25, -0.2) is 4.39 Å². The molecule has 4 unspecified atom stereocenters. The first-order valence-corrected chi connectivity index (χ1v) is 9.47. The third kappa shape index (κ3) is 3.52. The first-order valence-electron chi connectivity index (χ1n) is 9.09. The van der Waals surface area contributed by atoms with Crippen molar-refractivity contribution < 1.29 is 14.0 Å². The number of hydrogen-bond acceptors (Lipinski definition) is 4. The van der Waals surface area contributed by atoms with Crippen molar-refractivity contribution in [2.75, 3.05) is 26.2 Å². The van der Waals surface area contributed by atoms with Gasteiger partial charge in [-0.1, -0.05) is 11.6 Å². The standard InChI is InChI=1S/C19H20ClFN4O2/c20-12-3-1-11(2-4-12)19(27)24-9-15-16(10-24)18(15)23-7-17(26)25-8-13(21)5-14(25)6-22/h1-4,13-16,18,23H,5,7-10H2. The van der Waals surface area contributed by atoms with Crippen LogP contribution < -0.4 is 5.32 Å². The summed E-state index contributed by atoms with van der Waals surface area (Å²) >= 11 is 5.86. The lowest BCUT2D eigenvalue weighted by molar-refractivity contribution is -0.130. The van der Waals surface area contributed by atoms with Gasteiger partial charge in [-0.2, -0.15) is 5.26 Å². The molecule has 6 nitrogen and oxygen atoms in total. The molecule has 3 fully saturated rings. The molecule has 4 rings (SSSR count). The first kappa shape index (κ1) is 18.2. The Hall–Kier alpha value is -2.17. The highest BCUT2D eigenvalue weighted by atomic mass is 35.5. The molecule has 1 aromatic carbocycles. The molecule has 4 atom stereocenters. The highest BCUT2D eigenvalue weighted by Gasteiger charge is 2.56. The third-order valence-electron chi connectivity index (χ3n) is 5.78. The van der Waals surface area contributed by atoms with E-state index in [4.69, 9.17) is 16.9 Å². The summed E-state index contributed by atoms with van der Waals surface area (Å²) in [6.45, 7) is 1.43. The second kappa shape index (κ2) is 7.10. The topological polar surface area (TPSA) is 76.4 Å². The van der Waals surface area contributed by atoms with E-state index >= 15 is 0 Å². The van der Waals surface area contributed by atoms with Crippen LogP contribution in [0, 0.1) is 23.2 Å². The lowest BCUT2D eigenvalue weighted by atomic mass is 10.2. The summed E-state index contributed by atoms with van der Waals surface area (Å²) in [5.74, 6) is 0.444. The van der Waals surface area contributed by atoms with Crippen LogP contribution in [0.15, 0.2) is 24.3 Å². The average molecular weight is 391 g/mol. The number of rotatable bonds is 4. The SMILES string of the molecule is N#CC1CC(F)CN1C(=O)CNC1C2CN(C(=O)c3ccc(Cl)cc3)CC21. The molecule has 0 bridgehead atoms. The van der Waals surface area contributed by atoms with Crippen LogP contribution in [-0.4, -0.2) is 66.0 Å². The molecule has 1 aliphatic carbocycles. The van der Waals surface area contributed by atoms with Crippen molar-refractivity contribution in [2.24, 2.45) is 11.8 Å². The highest BCUT2D eigenvalue weighted by molar-refractivity contribution is 6.30. The summed E-state index contributed by atoms with van der Waals surface area (Å²) in [7, 11) is 0. The maximum absolute atomic E-state index is 13.4. The van der Waals surface area contributed by atoms with Gasteiger partial charge in [0, 0.05) is 36.1 Å². The Morgan fingerprint density at radius 1 is 1.22 bits per heavy atom. The quantitative estimate of drug-likeness (QED) is 0.844. The molecule has 1 N–H and O–H groups in total. The van der Waals surface area contributed by atoms with Gasteiger partial charge in [0.05, 0.1) is 19.2 Å². The van der Waals surface area contributed by atoms with E-state index in [1.165, 1.54) is 4.90 Å². The molecule has 2 aliphatic heterocycles. The molecule has 27 heavy (non-hydrogen) atoms. The van der Waals surface area contributed by atoms with Crippen molar-refractivity contribution in [3.63, 3.8) is 0 Å². The lowest BCUT2D eigenvalue weighted by Gasteiger charge is -2.22. The molecule has 0 spiro atoms. The van der Waals surface area contributed by atoms with Crippen LogP contribution in [0.4, 0.5) is 4.39 Å². The van der Waals surface area contributed by atoms with E-state index in [2.05, 4.69) is 5.32 Å². The fourth-order valence-corrected chi connectivity index (χ4v) is 4.39. The summed E-state index contributed by atoms with van der Waals surface area (Å²) in [5.41, 5.74) is 0.623. The summed E-state index contributed by atoms with van der Waals surface area (Å²) in [6.07, 6.45) is -1.02. The second-order valence-corrected chi connectivity index (χ2v) is 7.91. The summed E-state index contributed by atoms with van der Waals surface area (Å²) < 4.78 is 13.4. The molecular weight excluding hydrogens is 371 g/mol. The number of nitriles is 1. The highest BCUT2D eigenvalue weighted by Crippen LogP contribution is 2.45. The lowest BCUT2D eigenvalue weighted by Crippen LogP contribution is -2.43. The van der Waals surface area contributed by atoms with Crippen LogP contribution in [-0.2, 0) is 4.79 Å². The number of nitrogens with one attached hydrogen (secondary N) is 1. The fraction of sp³-hybridized carbons (Fsp3) is 0.526. The molecule has 3 aliphatic rings. The smallest absolute Gasteiger partial charge is 0.253 e. The molecule has 2 amide bonds. The van der Waals surface area contributed by atoms with Crippen molar-refractivity contribution in [1.82, 2.24) is 15.1 Å². The summed E-state index contributed by atoms with van der Waals surface area (Å²) in [4.78, 5) is 27.9. The maximum atomic E-state index is 13.4. The molecular formula is C19H20ClFN4O2. The fourth-order valence-electron chi connectivity index (χ4n) is 4.26. The largest absolute Gasteiger partial charge is 0.338 e. The van der Waals surface area contributed by atoms with Gasteiger partial charge in [0.15, 0.2) is 0 Å². The number of amides is 2. The number of hydrogen-bond donors (Lipinski definition) is 1. The van der Waals surface area contributed by atoms with Crippen LogP contribution in [0.1, 0.15) is 16.8 Å². The zero-order chi connectivity index (χ0) is 19.1. The van der Waals surface area contributed by atoms with Gasteiger partial charge in [-0.3, -0.25) is 9.59 Å². The number of halogens is 2. The predicted molar refractivity (Wildman–Crippen MR) is 96.8 cm³/mol. The molecule has 0 aromatic heterocycles. The van der Waals surface area contributed by atoms with E-state index in [1.807, 2.05) is 11.0 Å². The first-order chi connectivity index (χ1) is 13.0. The van der Waals surface area contributed by atoms with Crippen LogP contribution in [0.3, 0.4) is 0 Å². The van der Waals surface area contributed by atoms with Crippen molar-refractivity contribution >= 4 is 23.4 Å². The molecule has 8 heteroatoms. The van der Waals surface area contributed by atoms with Crippen LogP contribution in [0.5, 0.6) is 0 Å². The van der Waals surface area contributed by atoms with Gasteiger partial charge >= 0.3 is 0 Å². The summed E-state index contributed by atoms with van der Waals surface area (Å²) in [6, 6.07) is 8.39. The zero-order valence-electron chi connectivity index (χ0n) is 14.6. The third-order valence-corrected chi connectivity index (χ3v) is 6.03. The normalized spacial score (nSPS) is 31.5. The predicted octanol–water partition coefficient (Wildman–Crippen LogP) is 1.46. The zero-order valence-corrected chi connectivity index (χ0v) is 15.4. The van der Waals surface area contributed by atoms with Crippen LogP contribution in [0.25, 0.3) is 0 Å². The van der Waals surface area contributed by atoms with Gasteiger partial charge in [0.1, 0.15) is 12.2 Å². The Bertz CT molecular complexity index is 784. The van der Waals surface area contributed by atoms with Crippen LogP contribution >= 0.6 is 11.6 Å². The molecule has 1 aromatic rings. The maximum Gasteiger partial charge on any atom is 0.253 e. The van der Waals surface area contributed by atoms with E-state index in [0.717, 1.165) is 0 Å². The Kier molecular flexibility index (Phi) is 4.79. The monoisotopic (exact) mass is 390 g/mol. The van der Waals surface area contributed by atoms with Gasteiger partial charge in [-0.05, 0) is 36.1 Å². The van der Waals surface area contributed by atoms with Gasteiger partial charge in [0.2, 0.25) is 5.91 Å². The van der Waals surface area contributed by atoms with E-state index < -0.39 is 12.2 Å². The minimum atomic E-state index is -1.12. The molecule has 2 heterocycles.